The van der Waals surface area contributed by atoms with Crippen molar-refractivity contribution in [2.24, 2.45) is 0 Å². The second kappa shape index (κ2) is 7.30. The first kappa shape index (κ1) is 18.0. The molecule has 0 bridgehead atoms. The van der Waals surface area contributed by atoms with Gasteiger partial charge in [-0.2, -0.15) is 4.98 Å². The van der Waals surface area contributed by atoms with Crippen molar-refractivity contribution in [2.45, 2.75) is 19.6 Å². The molecule has 0 N–H and O–H groups in total. The molecule has 8 nitrogen and oxygen atoms in total. The number of nitrogens with zero attached hydrogens (tertiary/aromatic N) is 3. The Hall–Kier alpha value is -2.42. The number of amides is 1. The zero-order valence-electron chi connectivity index (χ0n) is 14.9. The van der Waals surface area contributed by atoms with Crippen molar-refractivity contribution in [3.63, 3.8) is 0 Å². The number of aromatic nitrogens is 2. The highest BCUT2D eigenvalue weighted by atomic mass is 35.5. The van der Waals surface area contributed by atoms with Crippen molar-refractivity contribution in [2.75, 3.05) is 26.9 Å². The summed E-state index contributed by atoms with van der Waals surface area (Å²) in [5.74, 6) is 0.762. The molecule has 1 aliphatic heterocycles. The molecule has 2 aromatic heterocycles. The third-order valence-corrected chi connectivity index (χ3v) is 4.77. The van der Waals surface area contributed by atoms with Crippen LogP contribution in [0, 0.1) is 6.92 Å². The van der Waals surface area contributed by atoms with E-state index in [0.717, 1.165) is 10.9 Å². The monoisotopic (exact) mass is 391 g/mol. The highest BCUT2D eigenvalue weighted by molar-refractivity contribution is 6.31. The second-order valence-electron chi connectivity index (χ2n) is 6.27. The fourth-order valence-corrected chi connectivity index (χ4v) is 3.35. The van der Waals surface area contributed by atoms with Gasteiger partial charge >= 0.3 is 0 Å². The van der Waals surface area contributed by atoms with Crippen molar-refractivity contribution in [3.05, 3.63) is 46.3 Å². The lowest BCUT2D eigenvalue weighted by Gasteiger charge is -2.33. The Morgan fingerprint density at radius 1 is 1.44 bits per heavy atom. The predicted molar refractivity (Wildman–Crippen MR) is 95.6 cm³/mol. The number of aryl methyl sites for hydroxylation is 1. The number of carbonyl (C=O) groups is 1. The van der Waals surface area contributed by atoms with E-state index in [4.69, 9.17) is 30.0 Å². The SMILES string of the molecule is COCc1nc([C@H]2COCCN2C(=O)c2oc3ccc(Cl)cc3c2C)no1. The largest absolute Gasteiger partial charge is 0.451 e. The lowest BCUT2D eigenvalue weighted by Crippen LogP contribution is -2.44. The van der Waals surface area contributed by atoms with Crippen LogP contribution in [0.15, 0.2) is 27.1 Å². The van der Waals surface area contributed by atoms with Crippen LogP contribution in [0.2, 0.25) is 5.02 Å². The number of ether oxygens (including phenoxy) is 2. The first-order valence-corrected chi connectivity index (χ1v) is 8.85. The highest BCUT2D eigenvalue weighted by Gasteiger charge is 2.35. The summed E-state index contributed by atoms with van der Waals surface area (Å²) < 4.78 is 21.5. The van der Waals surface area contributed by atoms with Gasteiger partial charge in [-0.25, -0.2) is 0 Å². The molecular formula is C18H18ClN3O5. The van der Waals surface area contributed by atoms with Crippen molar-refractivity contribution < 1.29 is 23.2 Å². The number of benzene rings is 1. The van der Waals surface area contributed by atoms with Gasteiger partial charge in [0, 0.05) is 29.6 Å². The molecule has 3 aromatic rings. The average Bonchev–Trinajstić information content (AvgIpc) is 3.27. The summed E-state index contributed by atoms with van der Waals surface area (Å²) in [4.78, 5) is 19.2. The quantitative estimate of drug-likeness (QED) is 0.674. The lowest BCUT2D eigenvalue weighted by molar-refractivity contribution is -0.00723. The molecular weight excluding hydrogens is 374 g/mol. The van der Waals surface area contributed by atoms with Crippen LogP contribution >= 0.6 is 11.6 Å². The summed E-state index contributed by atoms with van der Waals surface area (Å²) in [6.07, 6.45) is 0. The number of morpholine rings is 1. The molecule has 1 saturated heterocycles. The first-order chi connectivity index (χ1) is 13.1. The van der Waals surface area contributed by atoms with E-state index in [2.05, 4.69) is 10.1 Å². The van der Waals surface area contributed by atoms with Gasteiger partial charge in [-0.15, -0.1) is 0 Å². The summed E-state index contributed by atoms with van der Waals surface area (Å²) in [6.45, 7) is 3.15. The molecule has 1 aliphatic rings. The van der Waals surface area contributed by atoms with Gasteiger partial charge < -0.3 is 23.3 Å². The van der Waals surface area contributed by atoms with Crippen LogP contribution in [0.1, 0.15) is 33.9 Å². The Kier molecular flexibility index (Phi) is 4.86. The second-order valence-corrected chi connectivity index (χ2v) is 6.70. The van der Waals surface area contributed by atoms with Crippen LogP contribution in [0.25, 0.3) is 11.0 Å². The molecule has 0 saturated carbocycles. The van der Waals surface area contributed by atoms with E-state index in [-0.39, 0.29) is 24.9 Å². The van der Waals surface area contributed by atoms with E-state index >= 15 is 0 Å². The van der Waals surface area contributed by atoms with Gasteiger partial charge in [-0.05, 0) is 25.1 Å². The third kappa shape index (κ3) is 3.31. The lowest BCUT2D eigenvalue weighted by atomic mass is 10.1. The number of hydrogen-bond acceptors (Lipinski definition) is 7. The molecule has 4 rings (SSSR count). The van der Waals surface area contributed by atoms with E-state index in [0.29, 0.717) is 35.5 Å². The molecule has 9 heteroatoms. The molecule has 0 radical (unpaired) electrons. The highest BCUT2D eigenvalue weighted by Crippen LogP contribution is 2.31. The maximum absolute atomic E-state index is 13.2. The van der Waals surface area contributed by atoms with Gasteiger partial charge in [0.15, 0.2) is 11.6 Å². The van der Waals surface area contributed by atoms with Gasteiger partial charge in [-0.1, -0.05) is 16.8 Å². The minimum Gasteiger partial charge on any atom is -0.451 e. The predicted octanol–water partition coefficient (Wildman–Crippen LogP) is 3.14. The molecule has 1 amide bonds. The van der Waals surface area contributed by atoms with E-state index in [9.17, 15) is 4.79 Å². The van der Waals surface area contributed by atoms with Crippen LogP contribution < -0.4 is 0 Å². The summed E-state index contributed by atoms with van der Waals surface area (Å²) in [5.41, 5.74) is 1.36. The van der Waals surface area contributed by atoms with E-state index in [1.165, 1.54) is 0 Å². The Bertz CT molecular complexity index is 983. The summed E-state index contributed by atoms with van der Waals surface area (Å²) in [6, 6.07) is 4.82. The number of hydrogen-bond donors (Lipinski definition) is 0. The molecule has 0 unspecified atom stereocenters. The number of rotatable bonds is 4. The number of fused-ring (bicyclic) bond motifs is 1. The number of furan rings is 1. The molecule has 27 heavy (non-hydrogen) atoms. The molecule has 0 aliphatic carbocycles. The van der Waals surface area contributed by atoms with Crippen molar-refractivity contribution in [1.29, 1.82) is 0 Å². The topological polar surface area (TPSA) is 90.8 Å². The summed E-state index contributed by atoms with van der Waals surface area (Å²) in [5, 5.41) is 5.38. The molecule has 142 valence electrons. The van der Waals surface area contributed by atoms with E-state index in [1.807, 2.05) is 6.92 Å². The smallest absolute Gasteiger partial charge is 0.290 e. The number of halogens is 1. The third-order valence-electron chi connectivity index (χ3n) is 4.53. The van der Waals surface area contributed by atoms with Crippen molar-refractivity contribution in [3.8, 4) is 0 Å². The van der Waals surface area contributed by atoms with Crippen LogP contribution in [0.5, 0.6) is 0 Å². The zero-order valence-corrected chi connectivity index (χ0v) is 15.7. The Balaban J connectivity index is 1.67. The van der Waals surface area contributed by atoms with Crippen LogP contribution in [0.4, 0.5) is 0 Å². The molecule has 1 atom stereocenters. The minimum absolute atomic E-state index is 0.206. The van der Waals surface area contributed by atoms with Crippen LogP contribution in [-0.2, 0) is 16.1 Å². The molecule has 1 aromatic carbocycles. The molecule has 1 fully saturated rings. The fourth-order valence-electron chi connectivity index (χ4n) is 3.17. The van der Waals surface area contributed by atoms with Gasteiger partial charge in [-0.3, -0.25) is 4.79 Å². The van der Waals surface area contributed by atoms with Gasteiger partial charge in [0.1, 0.15) is 18.2 Å². The van der Waals surface area contributed by atoms with Crippen LogP contribution in [0.3, 0.4) is 0 Å². The maximum Gasteiger partial charge on any atom is 0.290 e. The van der Waals surface area contributed by atoms with Crippen molar-refractivity contribution >= 4 is 28.5 Å². The van der Waals surface area contributed by atoms with Crippen molar-refractivity contribution in [1.82, 2.24) is 15.0 Å². The van der Waals surface area contributed by atoms with Gasteiger partial charge in [0.2, 0.25) is 0 Å². The van der Waals surface area contributed by atoms with Gasteiger partial charge in [0.25, 0.3) is 11.8 Å². The minimum atomic E-state index is -0.461. The number of carbonyl (C=O) groups excluding carboxylic acids is 1. The normalized spacial score (nSPS) is 17.6. The summed E-state index contributed by atoms with van der Waals surface area (Å²) >= 11 is 6.07. The summed E-state index contributed by atoms with van der Waals surface area (Å²) in [7, 11) is 1.54. The Morgan fingerprint density at radius 3 is 3.11 bits per heavy atom. The zero-order chi connectivity index (χ0) is 19.0. The maximum atomic E-state index is 13.2. The first-order valence-electron chi connectivity index (χ1n) is 8.47. The average molecular weight is 392 g/mol. The standard InChI is InChI=1S/C18H18ClN3O5/c1-10-12-7-11(19)3-4-14(12)26-16(10)18(23)22-5-6-25-8-13(22)17-20-15(9-24-2)27-21-17/h3-4,7,13H,5-6,8-9H2,1-2H3/t13-/m1/s1. The van der Waals surface area contributed by atoms with E-state index in [1.54, 1.807) is 30.2 Å². The van der Waals surface area contributed by atoms with Gasteiger partial charge in [0.05, 0.1) is 13.2 Å². The number of methoxy groups -OCH3 is 1. The Morgan fingerprint density at radius 2 is 2.30 bits per heavy atom. The molecule has 0 spiro atoms. The van der Waals surface area contributed by atoms with E-state index < -0.39 is 6.04 Å². The fraction of sp³-hybridized carbons (Fsp3) is 0.389. The molecule has 3 heterocycles. The van der Waals surface area contributed by atoms with Crippen LogP contribution in [-0.4, -0.2) is 47.8 Å². The Labute approximate surface area is 160 Å².